The first-order valence-corrected chi connectivity index (χ1v) is 7.90. The fourth-order valence-corrected chi connectivity index (χ4v) is 2.82. The summed E-state index contributed by atoms with van der Waals surface area (Å²) in [7, 11) is 0. The van der Waals surface area contributed by atoms with Crippen molar-refractivity contribution < 1.29 is 9.53 Å². The third kappa shape index (κ3) is 4.44. The fourth-order valence-electron chi connectivity index (χ4n) is 2.82. The maximum absolute atomic E-state index is 12.2. The van der Waals surface area contributed by atoms with E-state index >= 15 is 0 Å². The Morgan fingerprint density at radius 2 is 1.91 bits per heavy atom. The first-order chi connectivity index (χ1) is 10.3. The predicted molar refractivity (Wildman–Crippen MR) is 86.5 cm³/mol. The molecule has 0 aromatic carbocycles. The average molecular weight is 305 g/mol. The number of rotatable bonds is 2. The molecule has 1 saturated heterocycles. The summed E-state index contributed by atoms with van der Waals surface area (Å²) in [6.45, 7) is 12.2. The van der Waals surface area contributed by atoms with E-state index in [1.807, 2.05) is 50.1 Å². The van der Waals surface area contributed by atoms with Crippen LogP contribution < -0.4 is 0 Å². The van der Waals surface area contributed by atoms with Crippen LogP contribution in [0, 0.1) is 0 Å². The van der Waals surface area contributed by atoms with Gasteiger partial charge < -0.3 is 9.64 Å². The molecule has 122 valence electrons. The SMILES string of the molecule is C[C@@H]1CN(C(=O)OC(C)(C)C)C[C@H](C)N1Cc1ccccn1. The van der Waals surface area contributed by atoms with E-state index in [1.165, 1.54) is 0 Å². The second-order valence-electron chi connectivity index (χ2n) is 7.08. The van der Waals surface area contributed by atoms with E-state index < -0.39 is 5.60 Å². The molecular weight excluding hydrogens is 278 g/mol. The molecule has 0 bridgehead atoms. The van der Waals surface area contributed by atoms with Crippen molar-refractivity contribution in [1.29, 1.82) is 0 Å². The summed E-state index contributed by atoms with van der Waals surface area (Å²) in [6, 6.07) is 6.53. The van der Waals surface area contributed by atoms with Crippen LogP contribution in [-0.4, -0.2) is 51.7 Å². The lowest BCUT2D eigenvalue weighted by atomic mass is 10.1. The van der Waals surface area contributed by atoms with Crippen molar-refractivity contribution in [3.63, 3.8) is 0 Å². The van der Waals surface area contributed by atoms with E-state index in [0.717, 1.165) is 12.2 Å². The molecule has 0 unspecified atom stereocenters. The zero-order valence-electron chi connectivity index (χ0n) is 14.2. The van der Waals surface area contributed by atoms with E-state index in [9.17, 15) is 4.79 Å². The lowest BCUT2D eigenvalue weighted by Crippen LogP contribution is -2.58. The van der Waals surface area contributed by atoms with Gasteiger partial charge in [-0.2, -0.15) is 0 Å². The van der Waals surface area contributed by atoms with Crippen molar-refractivity contribution in [2.75, 3.05) is 13.1 Å². The standard InChI is InChI=1S/C17H27N3O2/c1-13-10-19(16(21)22-17(3,4)5)11-14(2)20(13)12-15-8-6-7-9-18-15/h6-9,13-14H,10-12H2,1-5H3/t13-,14+. The Labute approximate surface area is 133 Å². The van der Waals surface area contributed by atoms with E-state index in [4.69, 9.17) is 4.74 Å². The highest BCUT2D eigenvalue weighted by atomic mass is 16.6. The topological polar surface area (TPSA) is 45.7 Å². The zero-order valence-corrected chi connectivity index (χ0v) is 14.2. The molecule has 0 spiro atoms. The van der Waals surface area contributed by atoms with Gasteiger partial charge in [0.05, 0.1) is 5.69 Å². The molecule has 0 aliphatic carbocycles. The van der Waals surface area contributed by atoms with Gasteiger partial charge in [-0.05, 0) is 46.8 Å². The van der Waals surface area contributed by atoms with Crippen LogP contribution in [0.25, 0.3) is 0 Å². The number of carbonyl (C=O) groups is 1. The summed E-state index contributed by atoms with van der Waals surface area (Å²) in [5, 5.41) is 0. The minimum atomic E-state index is -0.450. The van der Waals surface area contributed by atoms with Crippen molar-refractivity contribution in [2.24, 2.45) is 0 Å². The van der Waals surface area contributed by atoms with Gasteiger partial charge in [0, 0.05) is 37.9 Å². The second kappa shape index (κ2) is 6.65. The van der Waals surface area contributed by atoms with E-state index in [-0.39, 0.29) is 18.2 Å². The maximum Gasteiger partial charge on any atom is 0.410 e. The fraction of sp³-hybridized carbons (Fsp3) is 0.647. The number of hydrogen-bond donors (Lipinski definition) is 0. The predicted octanol–water partition coefficient (Wildman–Crippen LogP) is 2.91. The molecule has 1 aliphatic heterocycles. The normalized spacial score (nSPS) is 23.4. The molecule has 0 saturated carbocycles. The second-order valence-corrected chi connectivity index (χ2v) is 7.08. The highest BCUT2D eigenvalue weighted by molar-refractivity contribution is 5.68. The quantitative estimate of drug-likeness (QED) is 0.843. The molecule has 1 amide bonds. The van der Waals surface area contributed by atoms with Crippen molar-refractivity contribution in [3.8, 4) is 0 Å². The molecule has 1 aliphatic rings. The van der Waals surface area contributed by atoms with Crippen LogP contribution in [0.4, 0.5) is 4.79 Å². The number of carbonyl (C=O) groups excluding carboxylic acids is 1. The van der Waals surface area contributed by atoms with Gasteiger partial charge in [-0.25, -0.2) is 4.79 Å². The van der Waals surface area contributed by atoms with Gasteiger partial charge in [0.25, 0.3) is 0 Å². The molecular formula is C17H27N3O2. The Hall–Kier alpha value is -1.62. The van der Waals surface area contributed by atoms with Gasteiger partial charge in [-0.3, -0.25) is 9.88 Å². The van der Waals surface area contributed by atoms with Gasteiger partial charge in [0.1, 0.15) is 5.60 Å². The lowest BCUT2D eigenvalue weighted by Gasteiger charge is -2.44. The highest BCUT2D eigenvalue weighted by Crippen LogP contribution is 2.20. The molecule has 1 aromatic rings. The Bertz CT molecular complexity index is 486. The largest absolute Gasteiger partial charge is 0.444 e. The smallest absolute Gasteiger partial charge is 0.410 e. The monoisotopic (exact) mass is 305 g/mol. The summed E-state index contributed by atoms with van der Waals surface area (Å²) < 4.78 is 5.48. The number of nitrogens with zero attached hydrogens (tertiary/aromatic N) is 3. The van der Waals surface area contributed by atoms with Crippen LogP contribution >= 0.6 is 0 Å². The van der Waals surface area contributed by atoms with Gasteiger partial charge in [0.2, 0.25) is 0 Å². The van der Waals surface area contributed by atoms with E-state index in [0.29, 0.717) is 13.1 Å². The first kappa shape index (κ1) is 16.7. The summed E-state index contributed by atoms with van der Waals surface area (Å²) in [4.78, 5) is 20.8. The summed E-state index contributed by atoms with van der Waals surface area (Å²) in [5.41, 5.74) is 0.612. The first-order valence-electron chi connectivity index (χ1n) is 7.90. The third-order valence-corrected chi connectivity index (χ3v) is 3.82. The Morgan fingerprint density at radius 1 is 1.27 bits per heavy atom. The molecule has 2 rings (SSSR count). The summed E-state index contributed by atoms with van der Waals surface area (Å²) >= 11 is 0. The zero-order chi connectivity index (χ0) is 16.3. The Balaban J connectivity index is 1.98. The lowest BCUT2D eigenvalue weighted by molar-refractivity contribution is -0.00995. The Kier molecular flexibility index (Phi) is 5.06. The number of aromatic nitrogens is 1. The third-order valence-electron chi connectivity index (χ3n) is 3.82. The Morgan fingerprint density at radius 3 is 2.41 bits per heavy atom. The van der Waals surface area contributed by atoms with Crippen molar-refractivity contribution >= 4 is 6.09 Å². The number of amides is 1. The van der Waals surface area contributed by atoms with Crippen LogP contribution in [0.5, 0.6) is 0 Å². The highest BCUT2D eigenvalue weighted by Gasteiger charge is 2.33. The van der Waals surface area contributed by atoms with Gasteiger partial charge in [-0.15, -0.1) is 0 Å². The number of pyridine rings is 1. The van der Waals surface area contributed by atoms with Crippen LogP contribution in [0.1, 0.15) is 40.3 Å². The van der Waals surface area contributed by atoms with Gasteiger partial charge >= 0.3 is 6.09 Å². The molecule has 5 heteroatoms. The number of hydrogen-bond acceptors (Lipinski definition) is 4. The molecule has 2 atom stereocenters. The van der Waals surface area contributed by atoms with Crippen LogP contribution in [-0.2, 0) is 11.3 Å². The van der Waals surface area contributed by atoms with Crippen molar-refractivity contribution in [2.45, 2.75) is 58.8 Å². The molecule has 0 radical (unpaired) electrons. The summed E-state index contributed by atoms with van der Waals surface area (Å²) in [5.74, 6) is 0. The molecule has 0 N–H and O–H groups in total. The molecule has 1 aromatic heterocycles. The summed E-state index contributed by atoms with van der Waals surface area (Å²) in [6.07, 6.45) is 1.60. The van der Waals surface area contributed by atoms with Crippen molar-refractivity contribution in [1.82, 2.24) is 14.8 Å². The molecule has 2 heterocycles. The molecule has 22 heavy (non-hydrogen) atoms. The van der Waals surface area contributed by atoms with Crippen LogP contribution in [0.15, 0.2) is 24.4 Å². The van der Waals surface area contributed by atoms with E-state index in [2.05, 4.69) is 23.7 Å². The minimum absolute atomic E-state index is 0.219. The van der Waals surface area contributed by atoms with Crippen molar-refractivity contribution in [3.05, 3.63) is 30.1 Å². The van der Waals surface area contributed by atoms with E-state index in [1.54, 1.807) is 0 Å². The van der Waals surface area contributed by atoms with Gasteiger partial charge in [-0.1, -0.05) is 6.07 Å². The molecule has 5 nitrogen and oxygen atoms in total. The minimum Gasteiger partial charge on any atom is -0.444 e. The maximum atomic E-state index is 12.2. The average Bonchev–Trinajstić information content (AvgIpc) is 2.42. The van der Waals surface area contributed by atoms with Crippen LogP contribution in [0.3, 0.4) is 0 Å². The number of ether oxygens (including phenoxy) is 1. The number of piperazine rings is 1. The van der Waals surface area contributed by atoms with Gasteiger partial charge in [0.15, 0.2) is 0 Å². The van der Waals surface area contributed by atoms with Crippen LogP contribution in [0.2, 0.25) is 0 Å². The molecule has 1 fully saturated rings.